The van der Waals surface area contributed by atoms with Gasteiger partial charge in [0.25, 0.3) is 0 Å². The summed E-state index contributed by atoms with van der Waals surface area (Å²) in [6.07, 6.45) is 4.04. The summed E-state index contributed by atoms with van der Waals surface area (Å²) < 4.78 is 5.65. The minimum Gasteiger partial charge on any atom is -0.496 e. The Labute approximate surface area is 193 Å². The molecule has 1 saturated heterocycles. The van der Waals surface area contributed by atoms with Gasteiger partial charge >= 0.3 is 0 Å². The molecule has 0 unspecified atom stereocenters. The second-order valence-electron chi connectivity index (χ2n) is 7.82. The molecule has 9 nitrogen and oxygen atoms in total. The summed E-state index contributed by atoms with van der Waals surface area (Å²) in [7, 11) is 1.67. The van der Waals surface area contributed by atoms with Crippen LogP contribution in [-0.2, 0) is 0 Å². The number of benzene rings is 1. The number of H-pyrrole nitrogens is 1. The highest BCUT2D eigenvalue weighted by atomic mass is 35.5. The molecule has 0 saturated carbocycles. The van der Waals surface area contributed by atoms with Crippen LogP contribution in [0.15, 0.2) is 36.7 Å². The fourth-order valence-electron chi connectivity index (χ4n) is 3.72. The first-order valence-corrected chi connectivity index (χ1v) is 10.3. The molecule has 32 heavy (non-hydrogen) atoms. The monoisotopic (exact) mass is 454 g/mol. The van der Waals surface area contributed by atoms with Crippen LogP contribution in [0.2, 0.25) is 0 Å². The van der Waals surface area contributed by atoms with Crippen LogP contribution >= 0.6 is 12.4 Å². The lowest BCUT2D eigenvalue weighted by Crippen LogP contribution is -2.31. The van der Waals surface area contributed by atoms with Crippen molar-refractivity contribution in [2.24, 2.45) is 0 Å². The Kier molecular flexibility index (Phi) is 7.51. The lowest BCUT2D eigenvalue weighted by molar-refractivity contribution is 0.274. The van der Waals surface area contributed by atoms with E-state index in [1.165, 1.54) is 12.4 Å². The van der Waals surface area contributed by atoms with Crippen LogP contribution < -0.4 is 15.4 Å². The van der Waals surface area contributed by atoms with Gasteiger partial charge in [-0.1, -0.05) is 0 Å². The van der Waals surface area contributed by atoms with E-state index in [1.807, 2.05) is 24.3 Å². The molecular formula is C22H27ClN8O. The van der Waals surface area contributed by atoms with E-state index >= 15 is 0 Å². The van der Waals surface area contributed by atoms with Crippen LogP contribution in [0.25, 0.3) is 11.3 Å². The van der Waals surface area contributed by atoms with Gasteiger partial charge in [-0.05, 0) is 32.4 Å². The van der Waals surface area contributed by atoms with E-state index in [1.54, 1.807) is 7.11 Å². The zero-order valence-corrected chi connectivity index (χ0v) is 19.1. The number of hydrogen-bond acceptors (Lipinski definition) is 8. The zero-order chi connectivity index (χ0) is 21.8. The molecule has 0 amide bonds. The molecule has 168 valence electrons. The predicted octanol–water partition coefficient (Wildman–Crippen LogP) is 3.81. The number of likely N-dealkylation sites (tertiary alicyclic amines) is 1. The highest BCUT2D eigenvalue weighted by Crippen LogP contribution is 2.33. The van der Waals surface area contributed by atoms with Crippen molar-refractivity contribution in [1.82, 2.24) is 25.1 Å². The number of ether oxygens (including phenoxy) is 1. The first-order chi connectivity index (χ1) is 15.1. The van der Waals surface area contributed by atoms with Crippen molar-refractivity contribution < 1.29 is 4.74 Å². The molecule has 3 N–H and O–H groups in total. The van der Waals surface area contributed by atoms with E-state index < -0.39 is 0 Å². The van der Waals surface area contributed by atoms with Gasteiger partial charge in [0.2, 0.25) is 0 Å². The van der Waals surface area contributed by atoms with E-state index in [9.17, 15) is 0 Å². The Bertz CT molecular complexity index is 1080. The number of rotatable bonds is 7. The normalized spacial score (nSPS) is 15.8. The molecule has 2 aromatic heterocycles. The summed E-state index contributed by atoms with van der Waals surface area (Å²) in [5.41, 5.74) is 3.04. The van der Waals surface area contributed by atoms with Crippen LogP contribution in [0.5, 0.6) is 5.75 Å². The summed E-state index contributed by atoms with van der Waals surface area (Å²) >= 11 is 0. The van der Waals surface area contributed by atoms with Gasteiger partial charge < -0.3 is 15.4 Å². The summed E-state index contributed by atoms with van der Waals surface area (Å²) in [4.78, 5) is 10.6. The third-order valence-electron chi connectivity index (χ3n) is 5.41. The van der Waals surface area contributed by atoms with Crippen molar-refractivity contribution in [3.8, 4) is 23.1 Å². The molecule has 0 radical (unpaired) electrons. The number of aromatic nitrogens is 4. The van der Waals surface area contributed by atoms with Gasteiger partial charge in [-0.15, -0.1) is 12.4 Å². The third-order valence-corrected chi connectivity index (χ3v) is 5.41. The number of nitrogens with one attached hydrogen (secondary N) is 3. The Morgan fingerprint density at radius 2 is 2.06 bits per heavy atom. The molecule has 1 aliphatic rings. The second-order valence-corrected chi connectivity index (χ2v) is 7.82. The zero-order valence-electron chi connectivity index (χ0n) is 18.3. The maximum atomic E-state index is 8.82. The molecule has 10 heteroatoms. The molecule has 0 bridgehead atoms. The average Bonchev–Trinajstić information content (AvgIpc) is 3.44. The number of nitrogens with zero attached hydrogens (tertiary/aromatic N) is 5. The predicted molar refractivity (Wildman–Crippen MR) is 127 cm³/mol. The molecule has 0 spiro atoms. The largest absolute Gasteiger partial charge is 0.496 e. The van der Waals surface area contributed by atoms with Gasteiger partial charge in [-0.3, -0.25) is 10.00 Å². The van der Waals surface area contributed by atoms with Crippen LogP contribution in [0.4, 0.5) is 17.3 Å². The Morgan fingerprint density at radius 1 is 1.22 bits per heavy atom. The molecule has 3 aromatic rings. The van der Waals surface area contributed by atoms with E-state index in [2.05, 4.69) is 55.6 Å². The molecule has 0 aliphatic carbocycles. The molecular weight excluding hydrogens is 428 g/mol. The number of anilines is 3. The molecule has 3 heterocycles. The highest BCUT2D eigenvalue weighted by Gasteiger charge is 2.24. The first-order valence-electron chi connectivity index (χ1n) is 10.3. The Balaban J connectivity index is 0.00000289. The van der Waals surface area contributed by atoms with Gasteiger partial charge in [-0.2, -0.15) is 10.4 Å². The number of methoxy groups -OCH3 is 1. The Hall–Kier alpha value is -3.35. The third kappa shape index (κ3) is 5.28. The molecule has 1 atom stereocenters. The highest BCUT2D eigenvalue weighted by molar-refractivity contribution is 5.85. The van der Waals surface area contributed by atoms with Crippen LogP contribution in [0.1, 0.15) is 26.0 Å². The van der Waals surface area contributed by atoms with Gasteiger partial charge in [0, 0.05) is 48.6 Å². The minimum atomic E-state index is 0. The van der Waals surface area contributed by atoms with E-state index in [-0.39, 0.29) is 18.1 Å². The van der Waals surface area contributed by atoms with Crippen molar-refractivity contribution in [1.29, 1.82) is 5.26 Å². The first kappa shape index (κ1) is 23.3. The molecule has 1 aromatic carbocycles. The summed E-state index contributed by atoms with van der Waals surface area (Å²) in [6, 6.07) is 10.9. The molecule has 1 aliphatic heterocycles. The van der Waals surface area contributed by atoms with Crippen molar-refractivity contribution in [2.75, 3.05) is 30.8 Å². The molecule has 1 fully saturated rings. The fourth-order valence-corrected chi connectivity index (χ4v) is 3.72. The van der Waals surface area contributed by atoms with E-state index in [0.717, 1.165) is 42.2 Å². The average molecular weight is 455 g/mol. The summed E-state index contributed by atoms with van der Waals surface area (Å²) in [5.74, 6) is 1.87. The summed E-state index contributed by atoms with van der Waals surface area (Å²) in [5, 5.41) is 22.8. The minimum absolute atomic E-state index is 0. The van der Waals surface area contributed by atoms with E-state index in [0.29, 0.717) is 23.7 Å². The topological polar surface area (TPSA) is 115 Å². The van der Waals surface area contributed by atoms with Gasteiger partial charge in [-0.25, -0.2) is 9.97 Å². The second kappa shape index (κ2) is 10.3. The lowest BCUT2D eigenvalue weighted by atomic mass is 10.1. The van der Waals surface area contributed by atoms with Crippen LogP contribution in [-0.4, -0.2) is 57.3 Å². The van der Waals surface area contributed by atoms with Gasteiger partial charge in [0.05, 0.1) is 25.2 Å². The molecule has 4 rings (SSSR count). The quantitative estimate of drug-likeness (QED) is 0.493. The number of aromatic amines is 1. The van der Waals surface area contributed by atoms with Crippen LogP contribution in [0.3, 0.4) is 0 Å². The number of halogens is 1. The smallest absolute Gasteiger partial charge is 0.158 e. The standard InChI is InChI=1S/C22H26N8O.ClH/c1-14(2)30-7-6-16(13-30)26-15-4-5-18(20(8-15)31-3)19-9-21(29-28-19)27-22-12-24-17(10-23)11-25-22;/h4-5,8-9,11-12,14,16,26H,6-7,13H2,1-3H3,(H2,25,27,28,29);1H/t16-;/m1./s1. The van der Waals surface area contributed by atoms with Crippen molar-refractivity contribution >= 4 is 29.7 Å². The lowest BCUT2D eigenvalue weighted by Gasteiger charge is -2.21. The van der Waals surface area contributed by atoms with E-state index in [4.69, 9.17) is 10.00 Å². The van der Waals surface area contributed by atoms with Crippen LogP contribution in [0, 0.1) is 11.3 Å². The SMILES string of the molecule is COc1cc(N[C@@H]2CCN(C(C)C)C2)ccc1-c1cc(Nc2cnc(C#N)cn2)n[nH]1.Cl. The van der Waals surface area contributed by atoms with Crippen molar-refractivity contribution in [3.63, 3.8) is 0 Å². The maximum Gasteiger partial charge on any atom is 0.158 e. The summed E-state index contributed by atoms with van der Waals surface area (Å²) in [6.45, 7) is 6.65. The van der Waals surface area contributed by atoms with Gasteiger partial charge in [0.15, 0.2) is 11.5 Å². The van der Waals surface area contributed by atoms with Crippen molar-refractivity contribution in [3.05, 3.63) is 42.4 Å². The van der Waals surface area contributed by atoms with Crippen molar-refractivity contribution in [2.45, 2.75) is 32.4 Å². The number of hydrogen-bond donors (Lipinski definition) is 3. The fraction of sp³-hybridized carbons (Fsp3) is 0.364. The Morgan fingerprint density at radius 3 is 2.72 bits per heavy atom. The maximum absolute atomic E-state index is 8.82. The number of nitriles is 1. The van der Waals surface area contributed by atoms with Gasteiger partial charge in [0.1, 0.15) is 17.6 Å².